The average molecular weight is 398 g/mol. The van der Waals surface area contributed by atoms with E-state index in [1.807, 2.05) is 0 Å². The summed E-state index contributed by atoms with van der Waals surface area (Å²) in [5, 5.41) is 8.10. The standard InChI is InChI=1S/C19H31N3O4S/c1-3-4-5-6-11-22-12-7-8-15(22)14-21-19(23)17-13-16(27(20,24)25)9-10-18(17)26-2/h9-10,13,15H,3-8,11-12,14H2,1-2H3,(H,21,23)(H2,20,24,25)/t15-/m0/s1. The molecule has 0 spiro atoms. The molecule has 1 atom stereocenters. The van der Waals surface area contributed by atoms with Crippen molar-refractivity contribution in [3.63, 3.8) is 0 Å². The SMILES string of the molecule is CCCCCCN1CCC[C@H]1CNC(=O)c1cc(S(N)(=O)=O)ccc1OC. The Hall–Kier alpha value is -1.64. The lowest BCUT2D eigenvalue weighted by Crippen LogP contribution is -2.40. The van der Waals surface area contributed by atoms with Crippen molar-refractivity contribution in [3.8, 4) is 5.75 Å². The van der Waals surface area contributed by atoms with Crippen molar-refractivity contribution in [2.24, 2.45) is 5.14 Å². The van der Waals surface area contributed by atoms with E-state index in [0.717, 1.165) is 25.9 Å². The number of benzene rings is 1. The zero-order valence-corrected chi connectivity index (χ0v) is 17.1. The van der Waals surface area contributed by atoms with Gasteiger partial charge in [0.25, 0.3) is 5.91 Å². The number of sulfonamides is 1. The largest absolute Gasteiger partial charge is 0.496 e. The van der Waals surface area contributed by atoms with Gasteiger partial charge in [-0.3, -0.25) is 9.69 Å². The molecule has 27 heavy (non-hydrogen) atoms. The topological polar surface area (TPSA) is 102 Å². The molecule has 0 bridgehead atoms. The van der Waals surface area contributed by atoms with Crippen molar-refractivity contribution >= 4 is 15.9 Å². The van der Waals surface area contributed by atoms with E-state index >= 15 is 0 Å². The predicted octanol–water partition coefficient (Wildman–Crippen LogP) is 2.12. The molecule has 1 aliphatic rings. The fourth-order valence-corrected chi connectivity index (χ4v) is 4.05. The van der Waals surface area contributed by atoms with E-state index in [4.69, 9.17) is 9.88 Å². The van der Waals surface area contributed by atoms with Crippen molar-refractivity contribution < 1.29 is 17.9 Å². The molecule has 7 nitrogen and oxygen atoms in total. The minimum Gasteiger partial charge on any atom is -0.496 e. The Morgan fingerprint density at radius 3 is 2.78 bits per heavy atom. The molecule has 1 saturated heterocycles. The van der Waals surface area contributed by atoms with E-state index < -0.39 is 10.0 Å². The summed E-state index contributed by atoms with van der Waals surface area (Å²) in [7, 11) is -2.44. The van der Waals surface area contributed by atoms with Crippen molar-refractivity contribution in [1.29, 1.82) is 0 Å². The molecule has 0 unspecified atom stereocenters. The van der Waals surface area contributed by atoms with Crippen LogP contribution < -0.4 is 15.2 Å². The van der Waals surface area contributed by atoms with Crippen LogP contribution in [0.15, 0.2) is 23.1 Å². The number of unbranched alkanes of at least 4 members (excludes halogenated alkanes) is 3. The Morgan fingerprint density at radius 1 is 1.33 bits per heavy atom. The summed E-state index contributed by atoms with van der Waals surface area (Å²) in [4.78, 5) is 15.0. The summed E-state index contributed by atoms with van der Waals surface area (Å²) in [6.45, 7) is 4.87. The second-order valence-electron chi connectivity index (χ2n) is 7.01. The zero-order valence-electron chi connectivity index (χ0n) is 16.2. The number of nitrogens with two attached hydrogens (primary N) is 1. The van der Waals surface area contributed by atoms with Crippen LogP contribution in [0.25, 0.3) is 0 Å². The molecule has 8 heteroatoms. The highest BCUT2D eigenvalue weighted by Gasteiger charge is 2.25. The molecular weight excluding hydrogens is 366 g/mol. The predicted molar refractivity (Wildman–Crippen MR) is 105 cm³/mol. The highest BCUT2D eigenvalue weighted by atomic mass is 32.2. The molecule has 1 aliphatic heterocycles. The minimum atomic E-state index is -3.88. The number of methoxy groups -OCH3 is 1. The van der Waals surface area contributed by atoms with Gasteiger partial charge < -0.3 is 10.1 Å². The molecule has 1 heterocycles. The smallest absolute Gasteiger partial charge is 0.255 e. The fraction of sp³-hybridized carbons (Fsp3) is 0.632. The number of hydrogen-bond donors (Lipinski definition) is 2. The van der Waals surface area contributed by atoms with Crippen molar-refractivity contribution in [1.82, 2.24) is 10.2 Å². The summed E-state index contributed by atoms with van der Waals surface area (Å²) in [6, 6.07) is 4.37. The number of amides is 1. The van der Waals surface area contributed by atoms with Crippen LogP contribution >= 0.6 is 0 Å². The lowest BCUT2D eigenvalue weighted by molar-refractivity contribution is 0.0937. The lowest BCUT2D eigenvalue weighted by atomic mass is 10.1. The Bertz CT molecular complexity index is 736. The third kappa shape index (κ3) is 6.19. The zero-order chi connectivity index (χ0) is 19.9. The van der Waals surface area contributed by atoms with E-state index in [-0.39, 0.29) is 16.4 Å². The first-order valence-corrected chi connectivity index (χ1v) is 11.1. The Kier molecular flexibility index (Phi) is 8.07. The van der Waals surface area contributed by atoms with E-state index in [0.29, 0.717) is 18.3 Å². The van der Waals surface area contributed by atoms with Crippen LogP contribution in [0.4, 0.5) is 0 Å². The molecule has 1 fully saturated rings. The first-order valence-electron chi connectivity index (χ1n) is 9.60. The van der Waals surface area contributed by atoms with Gasteiger partial charge in [-0.05, 0) is 50.6 Å². The van der Waals surface area contributed by atoms with Crippen LogP contribution in [0, 0.1) is 0 Å². The van der Waals surface area contributed by atoms with E-state index in [2.05, 4.69) is 17.1 Å². The molecule has 0 aromatic heterocycles. The van der Waals surface area contributed by atoms with Gasteiger partial charge in [0.15, 0.2) is 0 Å². The summed E-state index contributed by atoms with van der Waals surface area (Å²) in [5.74, 6) is -0.0297. The Morgan fingerprint density at radius 2 is 2.11 bits per heavy atom. The van der Waals surface area contributed by atoms with Gasteiger partial charge >= 0.3 is 0 Å². The van der Waals surface area contributed by atoms with Gasteiger partial charge in [-0.15, -0.1) is 0 Å². The first kappa shape index (κ1) is 21.7. The number of nitrogens with zero attached hydrogens (tertiary/aromatic N) is 1. The highest BCUT2D eigenvalue weighted by molar-refractivity contribution is 7.89. The van der Waals surface area contributed by atoms with Gasteiger partial charge in [-0.2, -0.15) is 0 Å². The number of rotatable bonds is 10. The molecular formula is C19H31N3O4S. The lowest BCUT2D eigenvalue weighted by Gasteiger charge is -2.24. The Balaban J connectivity index is 1.98. The van der Waals surface area contributed by atoms with Gasteiger partial charge in [0, 0.05) is 12.6 Å². The third-order valence-electron chi connectivity index (χ3n) is 5.04. The molecule has 0 aliphatic carbocycles. The summed E-state index contributed by atoms with van der Waals surface area (Å²) in [5.41, 5.74) is 0.177. The number of carbonyl (C=O) groups excluding carboxylic acids is 1. The summed E-state index contributed by atoms with van der Waals surface area (Å²) < 4.78 is 28.3. The number of carbonyl (C=O) groups is 1. The third-order valence-corrected chi connectivity index (χ3v) is 5.95. The van der Waals surface area contributed by atoms with Gasteiger partial charge in [0.05, 0.1) is 17.6 Å². The van der Waals surface area contributed by atoms with Gasteiger partial charge in [-0.1, -0.05) is 26.2 Å². The normalized spacial score (nSPS) is 17.8. The summed E-state index contributed by atoms with van der Waals surface area (Å²) >= 11 is 0. The highest BCUT2D eigenvalue weighted by Crippen LogP contribution is 2.22. The van der Waals surface area contributed by atoms with Crippen molar-refractivity contribution in [2.45, 2.75) is 56.4 Å². The minimum absolute atomic E-state index is 0.105. The number of likely N-dealkylation sites (tertiary alicyclic amines) is 1. The van der Waals surface area contributed by atoms with Crippen molar-refractivity contribution in [2.75, 3.05) is 26.7 Å². The van der Waals surface area contributed by atoms with Crippen LogP contribution in [-0.4, -0.2) is 52.0 Å². The Labute approximate surface area is 162 Å². The van der Waals surface area contributed by atoms with Crippen LogP contribution in [0.5, 0.6) is 5.75 Å². The number of ether oxygens (including phenoxy) is 1. The molecule has 1 aromatic rings. The molecule has 1 aromatic carbocycles. The van der Waals surface area contributed by atoms with Crippen LogP contribution in [0.1, 0.15) is 55.8 Å². The van der Waals surface area contributed by atoms with Crippen LogP contribution in [0.2, 0.25) is 0 Å². The molecule has 1 amide bonds. The number of hydrogen-bond acceptors (Lipinski definition) is 5. The van der Waals surface area contributed by atoms with E-state index in [1.165, 1.54) is 51.0 Å². The van der Waals surface area contributed by atoms with E-state index in [9.17, 15) is 13.2 Å². The number of nitrogens with one attached hydrogen (secondary N) is 1. The maximum Gasteiger partial charge on any atom is 0.255 e. The van der Waals surface area contributed by atoms with Gasteiger partial charge in [0.1, 0.15) is 5.75 Å². The second kappa shape index (κ2) is 10.1. The van der Waals surface area contributed by atoms with Crippen LogP contribution in [-0.2, 0) is 10.0 Å². The average Bonchev–Trinajstić information content (AvgIpc) is 3.09. The van der Waals surface area contributed by atoms with Crippen LogP contribution in [0.3, 0.4) is 0 Å². The maximum atomic E-state index is 12.6. The van der Waals surface area contributed by atoms with Crippen molar-refractivity contribution in [3.05, 3.63) is 23.8 Å². The monoisotopic (exact) mass is 397 g/mol. The molecule has 0 saturated carbocycles. The molecule has 3 N–H and O–H groups in total. The van der Waals surface area contributed by atoms with Gasteiger partial charge in [-0.25, -0.2) is 13.6 Å². The summed E-state index contributed by atoms with van der Waals surface area (Å²) in [6.07, 6.45) is 7.10. The number of primary sulfonamides is 1. The molecule has 0 radical (unpaired) electrons. The van der Waals surface area contributed by atoms with E-state index in [1.54, 1.807) is 0 Å². The first-order chi connectivity index (χ1) is 12.9. The second-order valence-corrected chi connectivity index (χ2v) is 8.57. The quantitative estimate of drug-likeness (QED) is 0.589. The molecule has 2 rings (SSSR count). The fourth-order valence-electron chi connectivity index (χ4n) is 3.51. The maximum absolute atomic E-state index is 12.6. The molecule has 152 valence electrons. The van der Waals surface area contributed by atoms with Gasteiger partial charge in [0.2, 0.25) is 10.0 Å².